The highest BCUT2D eigenvalue weighted by atomic mass is 16.2. The van der Waals surface area contributed by atoms with Gasteiger partial charge >= 0.3 is 0 Å². The average molecular weight is 293 g/mol. The van der Waals surface area contributed by atoms with Crippen LogP contribution in [0.25, 0.3) is 10.8 Å². The van der Waals surface area contributed by atoms with Crippen molar-refractivity contribution in [3.05, 3.63) is 47.0 Å². The second kappa shape index (κ2) is 5.12. The molecule has 2 nitrogen and oxygen atoms in total. The van der Waals surface area contributed by atoms with Gasteiger partial charge in [-0.1, -0.05) is 30.3 Å². The minimum Gasteiger partial charge on any atom is -0.339 e. The summed E-state index contributed by atoms with van der Waals surface area (Å²) in [6, 6.07) is 11.4. The van der Waals surface area contributed by atoms with Crippen LogP contribution in [0.2, 0.25) is 0 Å². The van der Waals surface area contributed by atoms with Crippen molar-refractivity contribution < 1.29 is 4.79 Å². The van der Waals surface area contributed by atoms with Crippen LogP contribution in [0.15, 0.2) is 30.3 Å². The molecule has 2 heteroatoms. The van der Waals surface area contributed by atoms with Gasteiger partial charge in [0, 0.05) is 18.5 Å². The van der Waals surface area contributed by atoms with Crippen LogP contribution < -0.4 is 0 Å². The first kappa shape index (κ1) is 13.8. The number of aryl methyl sites for hydroxylation is 1. The number of nitrogens with zero attached hydrogens (tertiary/aromatic N) is 1. The number of likely N-dealkylation sites (N-methyl/N-ethyl adjacent to an activating group) is 1. The Hall–Kier alpha value is -1.83. The van der Waals surface area contributed by atoms with E-state index in [4.69, 9.17) is 0 Å². The van der Waals surface area contributed by atoms with E-state index in [9.17, 15) is 4.79 Å². The predicted octanol–water partition coefficient (Wildman–Crippen LogP) is 3.87. The molecular weight excluding hydrogens is 270 g/mol. The van der Waals surface area contributed by atoms with E-state index in [1.807, 2.05) is 0 Å². The summed E-state index contributed by atoms with van der Waals surface area (Å²) in [5.74, 6) is 0.700. The highest BCUT2D eigenvalue weighted by Gasteiger charge is 2.37. The van der Waals surface area contributed by atoms with Crippen LogP contribution in [0, 0.1) is 12.8 Å². The molecule has 1 amide bonds. The fourth-order valence-corrected chi connectivity index (χ4v) is 4.01. The number of rotatable bonds is 3. The molecule has 0 N–H and O–H groups in total. The highest BCUT2D eigenvalue weighted by molar-refractivity contribution is 5.91. The van der Waals surface area contributed by atoms with Crippen molar-refractivity contribution in [1.82, 2.24) is 4.90 Å². The van der Waals surface area contributed by atoms with Crippen LogP contribution in [0.3, 0.4) is 0 Å². The summed E-state index contributed by atoms with van der Waals surface area (Å²) in [5, 5.41) is 2.78. The maximum absolute atomic E-state index is 12.6. The van der Waals surface area contributed by atoms with Gasteiger partial charge in [0.15, 0.2) is 0 Å². The van der Waals surface area contributed by atoms with E-state index in [1.165, 1.54) is 27.5 Å². The summed E-state index contributed by atoms with van der Waals surface area (Å²) in [6.45, 7) is 5.15. The second-order valence-electron chi connectivity index (χ2n) is 6.84. The summed E-state index contributed by atoms with van der Waals surface area (Å²) in [4.78, 5) is 14.7. The topological polar surface area (TPSA) is 20.3 Å². The number of benzene rings is 2. The Morgan fingerprint density at radius 2 is 2.00 bits per heavy atom. The lowest BCUT2D eigenvalue weighted by molar-refractivity contribution is -0.134. The van der Waals surface area contributed by atoms with E-state index in [0.29, 0.717) is 17.9 Å². The maximum Gasteiger partial charge on any atom is 0.225 e. The predicted molar refractivity (Wildman–Crippen MR) is 90.0 cm³/mol. The van der Waals surface area contributed by atoms with Crippen LogP contribution in [-0.2, 0) is 17.6 Å². The number of carbonyl (C=O) groups excluding carboxylic acids is 1. The molecule has 2 aromatic carbocycles. The highest BCUT2D eigenvalue weighted by Crippen LogP contribution is 2.36. The summed E-state index contributed by atoms with van der Waals surface area (Å²) < 4.78 is 0. The zero-order valence-corrected chi connectivity index (χ0v) is 13.4. The van der Waals surface area contributed by atoms with Crippen molar-refractivity contribution in [3.8, 4) is 0 Å². The molecule has 0 saturated heterocycles. The summed E-state index contributed by atoms with van der Waals surface area (Å²) in [5.41, 5.74) is 4.22. The number of hydrogen-bond acceptors (Lipinski definition) is 1. The zero-order valence-electron chi connectivity index (χ0n) is 13.4. The monoisotopic (exact) mass is 293 g/mol. The van der Waals surface area contributed by atoms with Crippen LogP contribution in [-0.4, -0.2) is 23.4 Å². The van der Waals surface area contributed by atoms with Gasteiger partial charge in [0.05, 0.1) is 0 Å². The van der Waals surface area contributed by atoms with Crippen molar-refractivity contribution in [1.29, 1.82) is 0 Å². The van der Waals surface area contributed by atoms with Gasteiger partial charge in [-0.3, -0.25) is 4.79 Å². The van der Waals surface area contributed by atoms with E-state index < -0.39 is 0 Å². The van der Waals surface area contributed by atoms with Gasteiger partial charge < -0.3 is 4.90 Å². The van der Waals surface area contributed by atoms with E-state index in [2.05, 4.69) is 49.1 Å². The molecule has 1 saturated carbocycles. The molecule has 0 spiro atoms. The molecule has 1 fully saturated rings. The summed E-state index contributed by atoms with van der Waals surface area (Å²) in [7, 11) is 0. The van der Waals surface area contributed by atoms with Crippen LogP contribution in [0.4, 0.5) is 0 Å². The lowest BCUT2D eigenvalue weighted by Gasteiger charge is -2.35. The van der Waals surface area contributed by atoms with Crippen LogP contribution in [0.1, 0.15) is 36.5 Å². The molecule has 2 aromatic rings. The van der Waals surface area contributed by atoms with E-state index in [1.54, 1.807) is 0 Å². The van der Waals surface area contributed by atoms with Crippen molar-refractivity contribution in [3.63, 3.8) is 0 Å². The molecule has 0 bridgehead atoms. The molecule has 2 aliphatic carbocycles. The SMILES string of the molecule is CCN(C(=O)C1CC1)C1Cc2cccc3ccc(C)c(c23)C1. The normalized spacial score (nSPS) is 20.2. The molecule has 1 unspecified atom stereocenters. The summed E-state index contributed by atoms with van der Waals surface area (Å²) >= 11 is 0. The molecule has 0 aliphatic heterocycles. The molecule has 0 radical (unpaired) electrons. The second-order valence-corrected chi connectivity index (χ2v) is 6.84. The van der Waals surface area contributed by atoms with Crippen LogP contribution in [0.5, 0.6) is 0 Å². The Balaban J connectivity index is 1.75. The largest absolute Gasteiger partial charge is 0.339 e. The van der Waals surface area contributed by atoms with Gasteiger partial charge in [-0.15, -0.1) is 0 Å². The van der Waals surface area contributed by atoms with E-state index in [0.717, 1.165) is 32.2 Å². The quantitative estimate of drug-likeness (QED) is 0.841. The van der Waals surface area contributed by atoms with Gasteiger partial charge in [0.2, 0.25) is 5.91 Å². The third-order valence-electron chi connectivity index (χ3n) is 5.36. The van der Waals surface area contributed by atoms with Gasteiger partial charge in [-0.05, 0) is 67.0 Å². The first-order valence-corrected chi connectivity index (χ1v) is 8.49. The van der Waals surface area contributed by atoms with Crippen molar-refractivity contribution in [2.45, 2.75) is 45.6 Å². The smallest absolute Gasteiger partial charge is 0.225 e. The fourth-order valence-electron chi connectivity index (χ4n) is 4.01. The molecule has 4 rings (SSSR count). The van der Waals surface area contributed by atoms with E-state index in [-0.39, 0.29) is 0 Å². The number of carbonyl (C=O) groups is 1. The minimum absolute atomic E-state index is 0.314. The molecule has 1 atom stereocenters. The fraction of sp³-hybridized carbons (Fsp3) is 0.450. The van der Waals surface area contributed by atoms with Crippen molar-refractivity contribution >= 4 is 16.7 Å². The van der Waals surface area contributed by atoms with E-state index >= 15 is 0 Å². The lowest BCUT2D eigenvalue weighted by atomic mass is 9.83. The number of amides is 1. The molecule has 0 heterocycles. The molecular formula is C20H23NO. The molecule has 2 aliphatic rings. The molecule has 22 heavy (non-hydrogen) atoms. The Labute approximate surface area is 132 Å². The first-order chi connectivity index (χ1) is 10.7. The molecule has 114 valence electrons. The Morgan fingerprint density at radius 1 is 1.18 bits per heavy atom. The van der Waals surface area contributed by atoms with Crippen molar-refractivity contribution in [2.75, 3.05) is 6.54 Å². The van der Waals surface area contributed by atoms with Gasteiger partial charge in [0.25, 0.3) is 0 Å². The first-order valence-electron chi connectivity index (χ1n) is 8.49. The molecule has 0 aromatic heterocycles. The van der Waals surface area contributed by atoms with Gasteiger partial charge in [-0.2, -0.15) is 0 Å². The average Bonchev–Trinajstić information content (AvgIpc) is 3.36. The minimum atomic E-state index is 0.314. The van der Waals surface area contributed by atoms with Gasteiger partial charge in [-0.25, -0.2) is 0 Å². The third-order valence-corrected chi connectivity index (χ3v) is 5.36. The third kappa shape index (κ3) is 2.13. The standard InChI is InChI=1S/C20H23NO/c1-3-21(20(22)15-9-10-15)17-11-16-6-4-5-14-8-7-13(2)18(12-17)19(14)16/h4-8,15,17H,3,9-12H2,1-2H3. The van der Waals surface area contributed by atoms with Crippen LogP contribution >= 0.6 is 0 Å². The van der Waals surface area contributed by atoms with Gasteiger partial charge in [0.1, 0.15) is 0 Å². The Bertz CT molecular complexity index is 745. The Morgan fingerprint density at radius 3 is 2.73 bits per heavy atom. The van der Waals surface area contributed by atoms with Crippen molar-refractivity contribution in [2.24, 2.45) is 5.92 Å². The Kier molecular flexibility index (Phi) is 3.21. The maximum atomic E-state index is 12.6. The zero-order chi connectivity index (χ0) is 15.3. The summed E-state index contributed by atoms with van der Waals surface area (Å²) in [6.07, 6.45) is 4.19. The number of hydrogen-bond donors (Lipinski definition) is 0. The lowest BCUT2D eigenvalue weighted by Crippen LogP contribution is -2.44.